The molecule has 2 aromatic carbocycles. The molecule has 0 aliphatic carbocycles. The number of benzene rings is 2. The van der Waals surface area contributed by atoms with Gasteiger partial charge >= 0.3 is 0 Å². The zero-order valence-corrected chi connectivity index (χ0v) is 16.1. The van der Waals surface area contributed by atoms with Crippen LogP contribution in [-0.2, 0) is 6.54 Å². The smallest absolute Gasteiger partial charge is 0.275 e. The van der Waals surface area contributed by atoms with Gasteiger partial charge in [0.1, 0.15) is 17.4 Å². The summed E-state index contributed by atoms with van der Waals surface area (Å²) in [6.45, 7) is 3.42. The fourth-order valence-electron chi connectivity index (χ4n) is 3.35. The van der Waals surface area contributed by atoms with E-state index in [1.807, 2.05) is 28.8 Å². The molecule has 0 saturated carbocycles. The van der Waals surface area contributed by atoms with Gasteiger partial charge in [-0.15, -0.1) is 10.2 Å². The lowest BCUT2D eigenvalue weighted by molar-refractivity contribution is -0.385. The Hall–Kier alpha value is -3.33. The molecule has 0 unspecified atom stereocenters. The molecule has 1 aliphatic rings. The number of rotatable bonds is 6. The van der Waals surface area contributed by atoms with Crippen molar-refractivity contribution in [2.24, 2.45) is 0 Å². The Kier molecular flexibility index (Phi) is 4.98. The number of nitrogens with zero attached hydrogens (tertiary/aromatic N) is 4. The Morgan fingerprint density at radius 3 is 2.59 bits per heavy atom. The van der Waals surface area contributed by atoms with E-state index in [-0.39, 0.29) is 17.2 Å². The van der Waals surface area contributed by atoms with E-state index in [0.29, 0.717) is 17.9 Å². The van der Waals surface area contributed by atoms with Crippen LogP contribution in [0.15, 0.2) is 36.4 Å². The highest BCUT2D eigenvalue weighted by atomic mass is 19.1. The van der Waals surface area contributed by atoms with E-state index in [4.69, 9.17) is 4.74 Å². The number of methoxy groups -OCH3 is 1. The maximum atomic E-state index is 14.4. The predicted octanol–water partition coefficient (Wildman–Crippen LogP) is 3.04. The summed E-state index contributed by atoms with van der Waals surface area (Å²) in [6.07, 6.45) is 0. The number of halogens is 1. The summed E-state index contributed by atoms with van der Waals surface area (Å²) in [5.74, 6) is 1.49. The number of aromatic nitrogens is 3. The van der Waals surface area contributed by atoms with Crippen molar-refractivity contribution in [1.29, 1.82) is 0 Å². The topological polar surface area (TPSA) is 95.1 Å². The highest BCUT2D eigenvalue weighted by Gasteiger charge is 2.28. The van der Waals surface area contributed by atoms with Crippen molar-refractivity contribution in [3.63, 3.8) is 0 Å². The summed E-state index contributed by atoms with van der Waals surface area (Å²) in [5, 5.41) is 23.1. The van der Waals surface area contributed by atoms with Gasteiger partial charge in [-0.05, 0) is 30.7 Å². The first kappa shape index (κ1) is 19.0. The first-order valence-electron chi connectivity index (χ1n) is 9.19. The van der Waals surface area contributed by atoms with Crippen LogP contribution in [0.25, 0.3) is 11.4 Å². The Balaban J connectivity index is 1.79. The number of nitrogens with one attached hydrogen (secondary N) is 1. The second-order valence-corrected chi connectivity index (χ2v) is 7.03. The molecule has 0 atom stereocenters. The molecular formula is C20H20FN5O3. The summed E-state index contributed by atoms with van der Waals surface area (Å²) in [5.41, 5.74) is 1.05. The van der Waals surface area contributed by atoms with Crippen LogP contribution in [0.4, 0.5) is 10.1 Å². The second-order valence-electron chi connectivity index (χ2n) is 7.03. The molecule has 0 bridgehead atoms. The monoisotopic (exact) mass is 397 g/mol. The number of ether oxygens (including phenoxy) is 1. The lowest BCUT2D eigenvalue weighted by Gasteiger charge is -2.27. The molecule has 150 valence electrons. The van der Waals surface area contributed by atoms with Crippen LogP contribution in [0, 0.1) is 22.9 Å². The Morgan fingerprint density at radius 1 is 1.28 bits per heavy atom. The van der Waals surface area contributed by atoms with Gasteiger partial charge in [-0.2, -0.15) is 0 Å². The third-order valence-corrected chi connectivity index (χ3v) is 5.20. The first-order chi connectivity index (χ1) is 14.0. The SMILES string of the molecule is COc1ccc(Cn2c(-c3cc(F)c(C)c([N+](=O)[O-])c3)nnc2C2CNC2)cc1. The zero-order chi connectivity index (χ0) is 20.5. The van der Waals surface area contributed by atoms with Crippen LogP contribution < -0.4 is 10.1 Å². The second kappa shape index (κ2) is 7.59. The Labute approximate surface area is 166 Å². The first-order valence-corrected chi connectivity index (χ1v) is 9.19. The van der Waals surface area contributed by atoms with Crippen molar-refractivity contribution in [3.05, 3.63) is 69.3 Å². The minimum absolute atomic E-state index is 0.00314. The van der Waals surface area contributed by atoms with Gasteiger partial charge in [-0.3, -0.25) is 10.1 Å². The van der Waals surface area contributed by atoms with Gasteiger partial charge in [-0.1, -0.05) is 12.1 Å². The van der Waals surface area contributed by atoms with E-state index in [1.165, 1.54) is 19.1 Å². The molecule has 29 heavy (non-hydrogen) atoms. The predicted molar refractivity (Wildman–Crippen MR) is 105 cm³/mol. The molecule has 9 heteroatoms. The van der Waals surface area contributed by atoms with Gasteiger partial charge in [-0.25, -0.2) is 4.39 Å². The Bertz CT molecular complexity index is 1060. The third-order valence-electron chi connectivity index (χ3n) is 5.20. The van der Waals surface area contributed by atoms with Gasteiger partial charge in [0.25, 0.3) is 5.69 Å². The lowest BCUT2D eigenvalue weighted by Crippen LogP contribution is -2.41. The standard InChI is InChI=1S/C20H20FN5O3/c1-12-17(21)7-14(8-18(12)26(27)28)19-23-24-20(15-9-22-10-15)25(19)11-13-3-5-16(29-2)6-4-13/h3-8,15,22H,9-11H2,1-2H3. The number of nitro groups is 1. The molecule has 0 radical (unpaired) electrons. The van der Waals surface area contributed by atoms with Gasteiger partial charge in [0, 0.05) is 30.6 Å². The average molecular weight is 397 g/mol. The van der Waals surface area contributed by atoms with Crippen molar-refractivity contribution in [2.45, 2.75) is 19.4 Å². The lowest BCUT2D eigenvalue weighted by atomic mass is 10.0. The quantitative estimate of drug-likeness (QED) is 0.507. The molecule has 1 N–H and O–H groups in total. The van der Waals surface area contributed by atoms with Crippen LogP contribution >= 0.6 is 0 Å². The van der Waals surface area contributed by atoms with E-state index in [1.54, 1.807) is 7.11 Å². The maximum Gasteiger partial charge on any atom is 0.275 e. The van der Waals surface area contributed by atoms with E-state index in [0.717, 1.165) is 30.2 Å². The summed E-state index contributed by atoms with van der Waals surface area (Å²) in [4.78, 5) is 10.8. The van der Waals surface area contributed by atoms with Crippen molar-refractivity contribution in [2.75, 3.05) is 20.2 Å². The zero-order valence-electron chi connectivity index (χ0n) is 16.1. The molecule has 3 aromatic rings. The van der Waals surface area contributed by atoms with Crippen LogP contribution in [0.1, 0.15) is 22.9 Å². The van der Waals surface area contributed by atoms with Crippen LogP contribution in [-0.4, -0.2) is 39.9 Å². The summed E-state index contributed by atoms with van der Waals surface area (Å²) >= 11 is 0. The van der Waals surface area contributed by atoms with Crippen molar-refractivity contribution < 1.29 is 14.1 Å². The molecular weight excluding hydrogens is 377 g/mol. The highest BCUT2D eigenvalue weighted by Crippen LogP contribution is 2.31. The van der Waals surface area contributed by atoms with Crippen molar-refractivity contribution in [1.82, 2.24) is 20.1 Å². The van der Waals surface area contributed by atoms with Gasteiger partial charge in [0.2, 0.25) is 0 Å². The molecule has 1 saturated heterocycles. The molecule has 0 amide bonds. The minimum atomic E-state index is -0.639. The molecule has 8 nitrogen and oxygen atoms in total. The van der Waals surface area contributed by atoms with Crippen LogP contribution in [0.3, 0.4) is 0 Å². The number of hydrogen-bond acceptors (Lipinski definition) is 6. The van der Waals surface area contributed by atoms with E-state index < -0.39 is 10.7 Å². The molecule has 2 heterocycles. The summed E-state index contributed by atoms with van der Waals surface area (Å²) in [6, 6.07) is 10.2. The third kappa shape index (κ3) is 3.56. The van der Waals surface area contributed by atoms with Crippen LogP contribution in [0.2, 0.25) is 0 Å². The molecule has 1 aliphatic heterocycles. The molecule has 1 fully saturated rings. The molecule has 1 aromatic heterocycles. The largest absolute Gasteiger partial charge is 0.497 e. The van der Waals surface area contributed by atoms with E-state index in [2.05, 4.69) is 15.5 Å². The summed E-state index contributed by atoms with van der Waals surface area (Å²) < 4.78 is 21.5. The van der Waals surface area contributed by atoms with Crippen LogP contribution in [0.5, 0.6) is 5.75 Å². The van der Waals surface area contributed by atoms with Crippen molar-refractivity contribution in [3.8, 4) is 17.1 Å². The molecule has 0 spiro atoms. The average Bonchev–Trinajstić information content (AvgIpc) is 3.06. The van der Waals surface area contributed by atoms with Gasteiger partial charge in [0.05, 0.1) is 24.1 Å². The normalized spacial score (nSPS) is 13.9. The van der Waals surface area contributed by atoms with Crippen molar-refractivity contribution >= 4 is 5.69 Å². The fraction of sp³-hybridized carbons (Fsp3) is 0.300. The highest BCUT2D eigenvalue weighted by molar-refractivity contribution is 5.62. The molecule has 4 rings (SSSR count). The fourth-order valence-corrected chi connectivity index (χ4v) is 3.35. The minimum Gasteiger partial charge on any atom is -0.497 e. The van der Waals surface area contributed by atoms with E-state index >= 15 is 0 Å². The van der Waals surface area contributed by atoms with E-state index in [9.17, 15) is 14.5 Å². The number of nitro benzene ring substituents is 1. The summed E-state index contributed by atoms with van der Waals surface area (Å²) in [7, 11) is 1.60. The van der Waals surface area contributed by atoms with Gasteiger partial charge < -0.3 is 14.6 Å². The number of hydrogen-bond donors (Lipinski definition) is 1. The maximum absolute atomic E-state index is 14.4. The van der Waals surface area contributed by atoms with Gasteiger partial charge in [0.15, 0.2) is 5.82 Å². The Morgan fingerprint density at radius 2 is 2.00 bits per heavy atom.